The maximum Gasteiger partial charge on any atom is 0.152 e. The Morgan fingerprint density at radius 1 is 1.33 bits per heavy atom. The van der Waals surface area contributed by atoms with E-state index in [4.69, 9.17) is 0 Å². The Labute approximate surface area is 115 Å². The predicted molar refractivity (Wildman–Crippen MR) is 74.9 cm³/mol. The zero-order chi connectivity index (χ0) is 12.5. The SMILES string of the molecule is Cc1cc(N2CCn3cnnc3C2)ccc1CBr. The van der Waals surface area contributed by atoms with Crippen molar-refractivity contribution in [3.63, 3.8) is 0 Å². The van der Waals surface area contributed by atoms with Crippen LogP contribution in [0.2, 0.25) is 0 Å². The van der Waals surface area contributed by atoms with Crippen LogP contribution in [0.25, 0.3) is 0 Å². The third kappa shape index (κ3) is 2.03. The smallest absolute Gasteiger partial charge is 0.152 e. The highest BCUT2D eigenvalue weighted by Crippen LogP contribution is 2.23. The van der Waals surface area contributed by atoms with Gasteiger partial charge < -0.3 is 9.47 Å². The quantitative estimate of drug-likeness (QED) is 0.800. The number of fused-ring (bicyclic) bond motifs is 1. The van der Waals surface area contributed by atoms with Crippen molar-refractivity contribution in [3.8, 4) is 0 Å². The van der Waals surface area contributed by atoms with Gasteiger partial charge >= 0.3 is 0 Å². The van der Waals surface area contributed by atoms with E-state index in [0.29, 0.717) is 0 Å². The van der Waals surface area contributed by atoms with Crippen LogP contribution in [0.3, 0.4) is 0 Å². The first-order chi connectivity index (χ1) is 8.78. The van der Waals surface area contributed by atoms with Gasteiger partial charge in [0.1, 0.15) is 6.33 Å². The van der Waals surface area contributed by atoms with Crippen molar-refractivity contribution < 1.29 is 0 Å². The molecule has 0 saturated heterocycles. The van der Waals surface area contributed by atoms with E-state index in [1.807, 2.05) is 6.33 Å². The molecule has 2 heterocycles. The van der Waals surface area contributed by atoms with Crippen LogP contribution in [0, 0.1) is 6.92 Å². The molecule has 0 spiro atoms. The van der Waals surface area contributed by atoms with Crippen LogP contribution in [0.15, 0.2) is 24.5 Å². The van der Waals surface area contributed by atoms with Gasteiger partial charge in [0.05, 0.1) is 6.54 Å². The number of hydrogen-bond acceptors (Lipinski definition) is 3. The van der Waals surface area contributed by atoms with E-state index in [1.54, 1.807) is 0 Å². The number of benzene rings is 1. The molecule has 0 amide bonds. The van der Waals surface area contributed by atoms with Gasteiger partial charge in [0, 0.05) is 24.1 Å². The minimum absolute atomic E-state index is 0.840. The molecular weight excluding hydrogens is 292 g/mol. The van der Waals surface area contributed by atoms with E-state index in [9.17, 15) is 0 Å². The third-order valence-corrected chi connectivity index (χ3v) is 4.08. The van der Waals surface area contributed by atoms with E-state index < -0.39 is 0 Å². The number of rotatable bonds is 2. The molecule has 1 aromatic heterocycles. The molecule has 0 N–H and O–H groups in total. The van der Waals surface area contributed by atoms with Gasteiger partial charge in [0.15, 0.2) is 5.82 Å². The first-order valence-electron chi connectivity index (χ1n) is 6.05. The van der Waals surface area contributed by atoms with E-state index in [1.165, 1.54) is 16.8 Å². The minimum atomic E-state index is 0.840. The Bertz CT molecular complexity index is 564. The van der Waals surface area contributed by atoms with E-state index in [0.717, 1.165) is 30.8 Å². The number of aryl methyl sites for hydroxylation is 1. The molecule has 0 saturated carbocycles. The van der Waals surface area contributed by atoms with E-state index >= 15 is 0 Å². The van der Waals surface area contributed by atoms with Gasteiger partial charge in [-0.15, -0.1) is 10.2 Å². The summed E-state index contributed by atoms with van der Waals surface area (Å²) in [5, 5.41) is 9.02. The number of alkyl halides is 1. The summed E-state index contributed by atoms with van der Waals surface area (Å²) in [6.45, 7) is 4.97. The summed E-state index contributed by atoms with van der Waals surface area (Å²) < 4.78 is 2.12. The lowest BCUT2D eigenvalue weighted by molar-refractivity contribution is 0.560. The molecule has 94 valence electrons. The summed E-state index contributed by atoms with van der Waals surface area (Å²) in [6, 6.07) is 6.64. The van der Waals surface area contributed by atoms with Gasteiger partial charge in [-0.25, -0.2) is 0 Å². The minimum Gasteiger partial charge on any atom is -0.362 e. The monoisotopic (exact) mass is 306 g/mol. The molecule has 18 heavy (non-hydrogen) atoms. The largest absolute Gasteiger partial charge is 0.362 e. The van der Waals surface area contributed by atoms with Gasteiger partial charge in [-0.1, -0.05) is 22.0 Å². The van der Waals surface area contributed by atoms with Crippen LogP contribution in [-0.4, -0.2) is 21.3 Å². The Kier molecular flexibility index (Phi) is 3.07. The molecule has 0 fully saturated rings. The summed E-state index contributed by atoms with van der Waals surface area (Å²) in [5.74, 6) is 1.04. The number of halogens is 1. The maximum atomic E-state index is 4.15. The van der Waals surface area contributed by atoms with E-state index in [-0.39, 0.29) is 0 Å². The lowest BCUT2D eigenvalue weighted by atomic mass is 10.1. The fourth-order valence-corrected chi connectivity index (χ4v) is 2.94. The Balaban J connectivity index is 1.86. The van der Waals surface area contributed by atoms with Crippen LogP contribution in [0.1, 0.15) is 17.0 Å². The first kappa shape index (κ1) is 11.7. The van der Waals surface area contributed by atoms with Crippen molar-refractivity contribution in [1.82, 2.24) is 14.8 Å². The summed E-state index contributed by atoms with van der Waals surface area (Å²) in [4.78, 5) is 2.36. The Morgan fingerprint density at radius 3 is 3.00 bits per heavy atom. The van der Waals surface area contributed by atoms with Gasteiger partial charge in [-0.2, -0.15) is 0 Å². The molecule has 0 bridgehead atoms. The number of aromatic nitrogens is 3. The standard InChI is InChI=1S/C13H15BrN4/c1-10-6-12(3-2-11(10)7-14)17-4-5-18-9-15-16-13(18)8-17/h2-3,6,9H,4-5,7-8H2,1H3. The molecule has 5 heteroatoms. The summed E-state index contributed by atoms with van der Waals surface area (Å²) >= 11 is 3.51. The van der Waals surface area contributed by atoms with Gasteiger partial charge in [-0.3, -0.25) is 0 Å². The summed E-state index contributed by atoms with van der Waals surface area (Å²) in [7, 11) is 0. The molecule has 0 aliphatic carbocycles. The molecule has 0 radical (unpaired) electrons. The second kappa shape index (κ2) is 4.72. The molecule has 1 aliphatic rings. The lowest BCUT2D eigenvalue weighted by Gasteiger charge is -2.29. The fourth-order valence-electron chi connectivity index (χ4n) is 2.31. The molecule has 2 aromatic rings. The fraction of sp³-hybridized carbons (Fsp3) is 0.385. The molecule has 0 atom stereocenters. The molecule has 1 aliphatic heterocycles. The van der Waals surface area contributed by atoms with Crippen molar-refractivity contribution >= 4 is 21.6 Å². The molecule has 1 aromatic carbocycles. The van der Waals surface area contributed by atoms with Gasteiger partial charge in [-0.05, 0) is 30.2 Å². The van der Waals surface area contributed by atoms with Crippen LogP contribution in [-0.2, 0) is 18.4 Å². The van der Waals surface area contributed by atoms with Crippen molar-refractivity contribution in [2.45, 2.75) is 25.3 Å². The molecular formula is C13H15BrN4. The molecule has 3 rings (SSSR count). The highest BCUT2D eigenvalue weighted by atomic mass is 79.9. The average Bonchev–Trinajstić information content (AvgIpc) is 2.85. The number of nitrogens with zero attached hydrogens (tertiary/aromatic N) is 4. The van der Waals surface area contributed by atoms with Crippen LogP contribution >= 0.6 is 15.9 Å². The molecule has 0 unspecified atom stereocenters. The van der Waals surface area contributed by atoms with Gasteiger partial charge in [0.2, 0.25) is 0 Å². The van der Waals surface area contributed by atoms with Crippen molar-refractivity contribution in [2.24, 2.45) is 0 Å². The second-order valence-electron chi connectivity index (χ2n) is 4.61. The van der Waals surface area contributed by atoms with Crippen molar-refractivity contribution in [3.05, 3.63) is 41.5 Å². The van der Waals surface area contributed by atoms with Crippen LogP contribution < -0.4 is 4.90 Å². The topological polar surface area (TPSA) is 34.0 Å². The summed E-state index contributed by atoms with van der Waals surface area (Å²) in [5.41, 5.74) is 3.95. The summed E-state index contributed by atoms with van der Waals surface area (Å²) in [6.07, 6.45) is 1.81. The zero-order valence-electron chi connectivity index (χ0n) is 10.3. The lowest BCUT2D eigenvalue weighted by Crippen LogP contribution is -2.33. The Morgan fingerprint density at radius 2 is 2.22 bits per heavy atom. The normalized spacial score (nSPS) is 14.7. The van der Waals surface area contributed by atoms with Crippen molar-refractivity contribution in [1.29, 1.82) is 0 Å². The van der Waals surface area contributed by atoms with E-state index in [2.05, 4.69) is 60.7 Å². The Hall–Kier alpha value is -1.36. The van der Waals surface area contributed by atoms with Gasteiger partial charge in [0.25, 0.3) is 0 Å². The predicted octanol–water partition coefficient (Wildman–Crippen LogP) is 2.50. The average molecular weight is 307 g/mol. The maximum absolute atomic E-state index is 4.15. The van der Waals surface area contributed by atoms with Crippen LogP contribution in [0.4, 0.5) is 5.69 Å². The zero-order valence-corrected chi connectivity index (χ0v) is 11.9. The number of anilines is 1. The molecule has 4 nitrogen and oxygen atoms in total. The highest BCUT2D eigenvalue weighted by molar-refractivity contribution is 9.08. The highest BCUT2D eigenvalue weighted by Gasteiger charge is 2.17. The van der Waals surface area contributed by atoms with Crippen LogP contribution in [0.5, 0.6) is 0 Å². The second-order valence-corrected chi connectivity index (χ2v) is 5.17. The first-order valence-corrected chi connectivity index (χ1v) is 7.17. The third-order valence-electron chi connectivity index (χ3n) is 3.47. The van der Waals surface area contributed by atoms with Crippen molar-refractivity contribution in [2.75, 3.05) is 11.4 Å². The number of hydrogen-bond donors (Lipinski definition) is 0.